The lowest BCUT2D eigenvalue weighted by molar-refractivity contribution is -0.139. The number of ether oxygens (including phenoxy) is 1. The highest BCUT2D eigenvalue weighted by Gasteiger charge is 2.17. The van der Waals surface area contributed by atoms with Gasteiger partial charge >= 0.3 is 5.97 Å². The molecule has 1 rings (SSSR count). The topological polar surface area (TPSA) is 58.6 Å². The van der Waals surface area contributed by atoms with Crippen molar-refractivity contribution >= 4 is 5.97 Å². The highest BCUT2D eigenvalue weighted by molar-refractivity contribution is 5.74. The number of carboxylic acids is 1. The van der Waals surface area contributed by atoms with Crippen LogP contribution in [0.2, 0.25) is 0 Å². The van der Waals surface area contributed by atoms with Crippen molar-refractivity contribution in [2.24, 2.45) is 0 Å². The summed E-state index contributed by atoms with van der Waals surface area (Å²) in [4.78, 5) is 11.0. The van der Waals surface area contributed by atoms with Gasteiger partial charge in [-0.1, -0.05) is 19.1 Å². The number of carbonyl (C=O) groups is 1. The molecular weight excluding hydrogens is 218 g/mol. The van der Waals surface area contributed by atoms with Crippen molar-refractivity contribution in [3.63, 3.8) is 0 Å². The standard InChI is InChI=1S/C13H19NO3/c1-4-9-5-6-12(17-3)10(7-9)8-11(14-2)13(15)16/h5-7,11,14H,4,8H2,1-3H3,(H,15,16). The summed E-state index contributed by atoms with van der Waals surface area (Å²) >= 11 is 0. The Morgan fingerprint density at radius 2 is 2.24 bits per heavy atom. The Bertz CT molecular complexity index is 390. The van der Waals surface area contributed by atoms with Crippen molar-refractivity contribution in [1.82, 2.24) is 5.32 Å². The molecule has 0 aliphatic carbocycles. The van der Waals surface area contributed by atoms with Crippen molar-refractivity contribution < 1.29 is 14.6 Å². The molecule has 0 fully saturated rings. The molecule has 0 aliphatic heterocycles. The van der Waals surface area contributed by atoms with E-state index in [1.54, 1.807) is 14.2 Å². The molecule has 0 spiro atoms. The first kappa shape index (κ1) is 13.5. The first-order valence-electron chi connectivity index (χ1n) is 5.68. The van der Waals surface area contributed by atoms with E-state index in [-0.39, 0.29) is 0 Å². The van der Waals surface area contributed by atoms with Gasteiger partial charge in [0.15, 0.2) is 0 Å². The number of likely N-dealkylation sites (N-methyl/N-ethyl adjacent to an activating group) is 1. The van der Waals surface area contributed by atoms with Gasteiger partial charge in [0, 0.05) is 6.42 Å². The lowest BCUT2D eigenvalue weighted by Crippen LogP contribution is -2.35. The predicted octanol–water partition coefficient (Wildman–Crippen LogP) is 1.47. The SMILES string of the molecule is CCc1ccc(OC)c(CC(NC)C(=O)O)c1. The molecule has 0 amide bonds. The number of hydrogen-bond donors (Lipinski definition) is 2. The molecule has 4 heteroatoms. The Hall–Kier alpha value is -1.55. The van der Waals surface area contributed by atoms with E-state index in [9.17, 15) is 4.79 Å². The molecular formula is C13H19NO3. The third-order valence-electron chi connectivity index (χ3n) is 2.82. The molecule has 17 heavy (non-hydrogen) atoms. The van der Waals surface area contributed by atoms with Gasteiger partial charge in [0.2, 0.25) is 0 Å². The predicted molar refractivity (Wildman–Crippen MR) is 66.6 cm³/mol. The Morgan fingerprint density at radius 3 is 2.71 bits per heavy atom. The number of aryl methyl sites for hydroxylation is 1. The average molecular weight is 237 g/mol. The molecule has 1 aromatic carbocycles. The van der Waals surface area contributed by atoms with Crippen LogP contribution in [0.25, 0.3) is 0 Å². The van der Waals surface area contributed by atoms with Gasteiger partial charge in [-0.15, -0.1) is 0 Å². The van der Waals surface area contributed by atoms with E-state index in [2.05, 4.69) is 12.2 Å². The first-order chi connectivity index (χ1) is 8.12. The average Bonchev–Trinajstić information content (AvgIpc) is 2.35. The maximum absolute atomic E-state index is 11.0. The Morgan fingerprint density at radius 1 is 1.53 bits per heavy atom. The van der Waals surface area contributed by atoms with Crippen LogP contribution in [-0.4, -0.2) is 31.3 Å². The lowest BCUT2D eigenvalue weighted by Gasteiger charge is -2.15. The zero-order chi connectivity index (χ0) is 12.8. The zero-order valence-electron chi connectivity index (χ0n) is 10.5. The first-order valence-corrected chi connectivity index (χ1v) is 5.68. The molecule has 0 saturated carbocycles. The smallest absolute Gasteiger partial charge is 0.321 e. The zero-order valence-corrected chi connectivity index (χ0v) is 10.5. The summed E-state index contributed by atoms with van der Waals surface area (Å²) < 4.78 is 5.25. The summed E-state index contributed by atoms with van der Waals surface area (Å²) in [5, 5.41) is 11.8. The molecule has 0 radical (unpaired) electrons. The Kier molecular flexibility index (Phi) is 4.97. The van der Waals surface area contributed by atoms with Crippen molar-refractivity contribution in [3.05, 3.63) is 29.3 Å². The van der Waals surface area contributed by atoms with Crippen LogP contribution in [0.4, 0.5) is 0 Å². The minimum atomic E-state index is -0.851. The molecule has 1 atom stereocenters. The van der Waals surface area contributed by atoms with Crippen LogP contribution in [0.3, 0.4) is 0 Å². The maximum atomic E-state index is 11.0. The van der Waals surface area contributed by atoms with Crippen LogP contribution in [0.5, 0.6) is 5.75 Å². The fraction of sp³-hybridized carbons (Fsp3) is 0.462. The number of nitrogens with one attached hydrogen (secondary N) is 1. The van der Waals surface area contributed by atoms with Gasteiger partial charge in [0.05, 0.1) is 7.11 Å². The minimum Gasteiger partial charge on any atom is -0.496 e. The van der Waals surface area contributed by atoms with Crippen LogP contribution in [0.1, 0.15) is 18.1 Å². The van der Waals surface area contributed by atoms with Gasteiger partial charge in [0.1, 0.15) is 11.8 Å². The third kappa shape index (κ3) is 3.46. The Labute approximate surface area is 102 Å². The van der Waals surface area contributed by atoms with Crippen LogP contribution in [0.15, 0.2) is 18.2 Å². The highest BCUT2D eigenvalue weighted by atomic mass is 16.5. The van der Waals surface area contributed by atoms with Gasteiger partial charge in [0.25, 0.3) is 0 Å². The summed E-state index contributed by atoms with van der Waals surface area (Å²) in [5.74, 6) is -0.111. The number of methoxy groups -OCH3 is 1. The Balaban J connectivity index is 2.97. The van der Waals surface area contributed by atoms with Gasteiger partial charge in [-0.2, -0.15) is 0 Å². The van der Waals surface area contributed by atoms with Crippen molar-refractivity contribution in [1.29, 1.82) is 0 Å². The number of benzene rings is 1. The van der Waals surface area contributed by atoms with Crippen LogP contribution >= 0.6 is 0 Å². The molecule has 0 heterocycles. The van der Waals surface area contributed by atoms with Gasteiger partial charge in [-0.05, 0) is 30.7 Å². The monoisotopic (exact) mass is 237 g/mol. The van der Waals surface area contributed by atoms with E-state index in [0.29, 0.717) is 6.42 Å². The van der Waals surface area contributed by atoms with Gasteiger partial charge in [-0.25, -0.2) is 0 Å². The second-order valence-corrected chi connectivity index (χ2v) is 3.88. The second kappa shape index (κ2) is 6.25. The maximum Gasteiger partial charge on any atom is 0.321 e. The summed E-state index contributed by atoms with van der Waals surface area (Å²) in [7, 11) is 3.24. The highest BCUT2D eigenvalue weighted by Crippen LogP contribution is 2.21. The van der Waals surface area contributed by atoms with E-state index >= 15 is 0 Å². The van der Waals surface area contributed by atoms with E-state index in [0.717, 1.165) is 17.7 Å². The number of aliphatic carboxylic acids is 1. The van der Waals surface area contributed by atoms with Crippen LogP contribution in [-0.2, 0) is 17.6 Å². The fourth-order valence-corrected chi connectivity index (χ4v) is 1.74. The normalized spacial score (nSPS) is 12.2. The summed E-state index contributed by atoms with van der Waals surface area (Å²) in [6, 6.07) is 5.31. The number of rotatable bonds is 6. The minimum absolute atomic E-state index is 0.419. The van der Waals surface area contributed by atoms with E-state index in [1.807, 2.05) is 18.2 Å². The molecule has 2 N–H and O–H groups in total. The quantitative estimate of drug-likeness (QED) is 0.786. The largest absolute Gasteiger partial charge is 0.496 e. The van der Waals surface area contributed by atoms with Crippen molar-refractivity contribution in [2.75, 3.05) is 14.2 Å². The van der Waals surface area contributed by atoms with E-state index < -0.39 is 12.0 Å². The van der Waals surface area contributed by atoms with Crippen LogP contribution in [0, 0.1) is 0 Å². The molecule has 94 valence electrons. The summed E-state index contributed by atoms with van der Waals surface area (Å²) in [6.45, 7) is 2.07. The van der Waals surface area contributed by atoms with Gasteiger partial charge < -0.3 is 15.2 Å². The van der Waals surface area contributed by atoms with Crippen molar-refractivity contribution in [2.45, 2.75) is 25.8 Å². The fourth-order valence-electron chi connectivity index (χ4n) is 1.74. The lowest BCUT2D eigenvalue weighted by atomic mass is 10.0. The summed E-state index contributed by atoms with van der Waals surface area (Å²) in [5.41, 5.74) is 2.11. The molecule has 1 unspecified atom stereocenters. The molecule has 0 aliphatic rings. The molecule has 4 nitrogen and oxygen atoms in total. The molecule has 0 bridgehead atoms. The number of hydrogen-bond acceptors (Lipinski definition) is 3. The number of carboxylic acid groups (broad SMARTS) is 1. The molecule has 1 aromatic rings. The van der Waals surface area contributed by atoms with Crippen LogP contribution < -0.4 is 10.1 Å². The summed E-state index contributed by atoms with van der Waals surface area (Å²) in [6.07, 6.45) is 1.34. The van der Waals surface area contributed by atoms with E-state index in [4.69, 9.17) is 9.84 Å². The second-order valence-electron chi connectivity index (χ2n) is 3.88. The molecule has 0 aromatic heterocycles. The van der Waals surface area contributed by atoms with Gasteiger partial charge in [-0.3, -0.25) is 4.79 Å². The third-order valence-corrected chi connectivity index (χ3v) is 2.82. The van der Waals surface area contributed by atoms with E-state index in [1.165, 1.54) is 5.56 Å². The molecule has 0 saturated heterocycles. The van der Waals surface area contributed by atoms with Crippen molar-refractivity contribution in [3.8, 4) is 5.75 Å².